The quantitative estimate of drug-likeness (QED) is 0.527. The van der Waals surface area contributed by atoms with E-state index < -0.39 is 10.0 Å². The van der Waals surface area contributed by atoms with Crippen LogP contribution in [-0.4, -0.2) is 60.8 Å². The first-order valence-electron chi connectivity index (χ1n) is 11.0. The number of amides is 2. The Morgan fingerprint density at radius 2 is 1.56 bits per heavy atom. The van der Waals surface area contributed by atoms with Crippen molar-refractivity contribution < 1.29 is 22.5 Å². The summed E-state index contributed by atoms with van der Waals surface area (Å²) in [7, 11) is -3.57. The lowest BCUT2D eigenvalue weighted by Gasteiger charge is -2.34. The fraction of sp³-hybridized carbons (Fsp3) is 0.292. The molecular formula is C24H26N4O5S. The maximum absolute atomic E-state index is 12.7. The molecule has 2 aromatic carbocycles. The molecule has 178 valence electrons. The monoisotopic (exact) mass is 482 g/mol. The Hall–Kier alpha value is -3.50. The maximum atomic E-state index is 12.7. The fourth-order valence-corrected chi connectivity index (χ4v) is 5.15. The molecule has 2 amide bonds. The molecule has 34 heavy (non-hydrogen) atoms. The lowest BCUT2D eigenvalue weighted by molar-refractivity contribution is -0.134. The average Bonchev–Trinajstić information content (AvgIpc) is 3.36. The van der Waals surface area contributed by atoms with Gasteiger partial charge in [0.15, 0.2) is 5.76 Å². The number of nitrogens with zero attached hydrogens (tertiary/aromatic N) is 3. The molecule has 1 N–H and O–H groups in total. The Balaban J connectivity index is 1.19. The van der Waals surface area contributed by atoms with Gasteiger partial charge in [0, 0.05) is 50.7 Å². The van der Waals surface area contributed by atoms with Gasteiger partial charge in [-0.25, -0.2) is 8.42 Å². The first-order valence-corrected chi connectivity index (χ1v) is 12.5. The van der Waals surface area contributed by atoms with Gasteiger partial charge in [-0.15, -0.1) is 0 Å². The molecule has 1 fully saturated rings. The predicted molar refractivity (Wildman–Crippen MR) is 125 cm³/mol. The van der Waals surface area contributed by atoms with Crippen LogP contribution in [0.2, 0.25) is 0 Å². The number of piperazine rings is 1. The first kappa shape index (κ1) is 23.7. The van der Waals surface area contributed by atoms with Crippen LogP contribution in [0.3, 0.4) is 0 Å². The number of benzene rings is 2. The second-order valence-corrected chi connectivity index (χ2v) is 9.86. The van der Waals surface area contributed by atoms with Gasteiger partial charge in [-0.2, -0.15) is 4.31 Å². The van der Waals surface area contributed by atoms with Crippen molar-refractivity contribution in [1.82, 2.24) is 19.7 Å². The number of hydrogen-bond acceptors (Lipinski definition) is 6. The zero-order valence-corrected chi connectivity index (χ0v) is 19.4. The molecule has 1 aromatic heterocycles. The number of hydrogen-bond donors (Lipinski definition) is 1. The number of aromatic nitrogens is 1. The smallest absolute Gasteiger partial charge is 0.243 e. The summed E-state index contributed by atoms with van der Waals surface area (Å²) in [5, 5.41) is 6.71. The van der Waals surface area contributed by atoms with E-state index >= 15 is 0 Å². The summed E-state index contributed by atoms with van der Waals surface area (Å²) < 4.78 is 32.1. The maximum Gasteiger partial charge on any atom is 0.243 e. The molecule has 10 heteroatoms. The first-order chi connectivity index (χ1) is 16.4. The summed E-state index contributed by atoms with van der Waals surface area (Å²) in [6.07, 6.45) is 0.107. The molecule has 0 bridgehead atoms. The second kappa shape index (κ2) is 10.6. The molecule has 1 saturated heterocycles. The third-order valence-corrected chi connectivity index (χ3v) is 7.54. The lowest BCUT2D eigenvalue weighted by Crippen LogP contribution is -2.50. The number of sulfonamides is 1. The highest BCUT2D eigenvalue weighted by molar-refractivity contribution is 7.89. The van der Waals surface area contributed by atoms with E-state index in [1.54, 1.807) is 41.3 Å². The van der Waals surface area contributed by atoms with Crippen molar-refractivity contribution in [3.63, 3.8) is 0 Å². The van der Waals surface area contributed by atoms with Crippen LogP contribution in [0.1, 0.15) is 18.5 Å². The Morgan fingerprint density at radius 1 is 0.912 bits per heavy atom. The molecule has 4 rings (SSSR count). The zero-order valence-electron chi connectivity index (χ0n) is 18.6. The van der Waals surface area contributed by atoms with Gasteiger partial charge in [0.1, 0.15) is 5.69 Å². The Kier molecular flexibility index (Phi) is 7.39. The highest BCUT2D eigenvalue weighted by atomic mass is 32.2. The van der Waals surface area contributed by atoms with Crippen LogP contribution < -0.4 is 5.32 Å². The van der Waals surface area contributed by atoms with E-state index in [9.17, 15) is 18.0 Å². The standard InChI is InChI=1S/C24H26N4O5S/c29-23(25-18-20-17-22(33-26-20)19-7-3-1-4-8-19)11-12-24(30)27-13-15-28(16-14-27)34(31,32)21-9-5-2-6-10-21/h1-10,17H,11-16,18H2,(H,25,29). The topological polar surface area (TPSA) is 113 Å². The molecule has 9 nitrogen and oxygen atoms in total. The van der Waals surface area contributed by atoms with Crippen molar-refractivity contribution in [1.29, 1.82) is 0 Å². The Labute approximate surface area is 198 Å². The second-order valence-electron chi connectivity index (χ2n) is 7.92. The summed E-state index contributed by atoms with van der Waals surface area (Å²) in [6, 6.07) is 19.6. The molecule has 0 unspecified atom stereocenters. The van der Waals surface area contributed by atoms with Gasteiger partial charge in [0.2, 0.25) is 21.8 Å². The third-order valence-electron chi connectivity index (χ3n) is 5.62. The van der Waals surface area contributed by atoms with Crippen LogP contribution in [0.4, 0.5) is 0 Å². The van der Waals surface area contributed by atoms with Gasteiger partial charge in [-0.3, -0.25) is 9.59 Å². The molecule has 0 radical (unpaired) electrons. The van der Waals surface area contributed by atoms with Crippen molar-refractivity contribution in [2.75, 3.05) is 26.2 Å². The van der Waals surface area contributed by atoms with E-state index in [4.69, 9.17) is 4.52 Å². The van der Waals surface area contributed by atoms with Gasteiger partial charge >= 0.3 is 0 Å². The minimum atomic E-state index is -3.57. The number of rotatable bonds is 8. The Morgan fingerprint density at radius 3 is 2.24 bits per heavy atom. The van der Waals surface area contributed by atoms with Crippen LogP contribution in [0.25, 0.3) is 11.3 Å². The van der Waals surface area contributed by atoms with Crippen LogP contribution in [0, 0.1) is 0 Å². The van der Waals surface area contributed by atoms with Crippen molar-refractivity contribution in [2.24, 2.45) is 0 Å². The molecule has 2 heterocycles. The summed E-state index contributed by atoms with van der Waals surface area (Å²) in [5.74, 6) is 0.191. The zero-order chi connectivity index (χ0) is 24.0. The Bertz CT molecular complexity index is 1220. The van der Waals surface area contributed by atoms with Crippen molar-refractivity contribution in [2.45, 2.75) is 24.3 Å². The van der Waals surface area contributed by atoms with Crippen LogP contribution in [0.5, 0.6) is 0 Å². The van der Waals surface area contributed by atoms with Gasteiger partial charge in [-0.05, 0) is 12.1 Å². The van der Waals surface area contributed by atoms with Crippen molar-refractivity contribution >= 4 is 21.8 Å². The molecule has 0 spiro atoms. The highest BCUT2D eigenvalue weighted by Crippen LogP contribution is 2.20. The minimum absolute atomic E-state index is 0.0464. The van der Waals surface area contributed by atoms with Gasteiger partial charge < -0.3 is 14.7 Å². The van der Waals surface area contributed by atoms with Crippen LogP contribution in [-0.2, 0) is 26.2 Å². The van der Waals surface area contributed by atoms with E-state index in [1.165, 1.54) is 4.31 Å². The van der Waals surface area contributed by atoms with Crippen LogP contribution in [0.15, 0.2) is 76.1 Å². The van der Waals surface area contributed by atoms with Gasteiger partial charge in [0.05, 0.1) is 11.4 Å². The fourth-order valence-electron chi connectivity index (χ4n) is 3.71. The molecule has 0 saturated carbocycles. The van der Waals surface area contributed by atoms with Crippen molar-refractivity contribution in [3.05, 3.63) is 72.4 Å². The highest BCUT2D eigenvalue weighted by Gasteiger charge is 2.29. The largest absolute Gasteiger partial charge is 0.356 e. The number of nitrogens with one attached hydrogen (secondary N) is 1. The van der Waals surface area contributed by atoms with E-state index in [-0.39, 0.29) is 49.2 Å². The molecule has 0 atom stereocenters. The molecule has 1 aliphatic heterocycles. The van der Waals surface area contributed by atoms with E-state index in [0.29, 0.717) is 24.5 Å². The number of carbonyl (C=O) groups is 2. The lowest BCUT2D eigenvalue weighted by atomic mass is 10.1. The molecule has 0 aliphatic carbocycles. The van der Waals surface area contributed by atoms with Gasteiger partial charge in [0.25, 0.3) is 0 Å². The summed E-state index contributed by atoms with van der Waals surface area (Å²) in [5.41, 5.74) is 1.49. The van der Waals surface area contributed by atoms with E-state index in [1.807, 2.05) is 30.3 Å². The van der Waals surface area contributed by atoms with E-state index in [2.05, 4.69) is 10.5 Å². The van der Waals surface area contributed by atoms with Crippen LogP contribution >= 0.6 is 0 Å². The summed E-state index contributed by atoms with van der Waals surface area (Å²) >= 11 is 0. The molecule has 3 aromatic rings. The van der Waals surface area contributed by atoms with E-state index in [0.717, 1.165) is 5.56 Å². The number of carbonyl (C=O) groups excluding carboxylic acids is 2. The molecule has 1 aliphatic rings. The molecular weight excluding hydrogens is 456 g/mol. The average molecular weight is 483 g/mol. The summed E-state index contributed by atoms with van der Waals surface area (Å²) in [6.45, 7) is 1.26. The SMILES string of the molecule is O=C(CCC(=O)N1CCN(S(=O)(=O)c2ccccc2)CC1)NCc1cc(-c2ccccc2)on1. The third kappa shape index (κ3) is 5.70. The normalized spacial score (nSPS) is 14.6. The van der Waals surface area contributed by atoms with Gasteiger partial charge in [-0.1, -0.05) is 53.7 Å². The summed E-state index contributed by atoms with van der Waals surface area (Å²) in [4.78, 5) is 26.6. The minimum Gasteiger partial charge on any atom is -0.356 e. The predicted octanol–water partition coefficient (Wildman–Crippen LogP) is 2.27. The van der Waals surface area contributed by atoms with Crippen molar-refractivity contribution in [3.8, 4) is 11.3 Å².